The van der Waals surface area contributed by atoms with Gasteiger partial charge in [-0.2, -0.15) is 0 Å². The van der Waals surface area contributed by atoms with Crippen molar-refractivity contribution in [1.82, 2.24) is 14.9 Å². The van der Waals surface area contributed by atoms with Crippen molar-refractivity contribution in [3.63, 3.8) is 0 Å². The molecule has 7 heteroatoms. The van der Waals surface area contributed by atoms with Gasteiger partial charge >= 0.3 is 6.03 Å². The van der Waals surface area contributed by atoms with Crippen molar-refractivity contribution in [2.75, 3.05) is 18.4 Å². The van der Waals surface area contributed by atoms with E-state index in [1.54, 1.807) is 30.2 Å². The van der Waals surface area contributed by atoms with Gasteiger partial charge in [-0.25, -0.2) is 9.78 Å². The smallest absolute Gasteiger partial charge is 0.321 e. The molecule has 3 heterocycles. The molecule has 0 saturated carbocycles. The molecule has 2 amide bonds. The summed E-state index contributed by atoms with van der Waals surface area (Å²) in [6, 6.07) is 8.78. The summed E-state index contributed by atoms with van der Waals surface area (Å²) in [5.41, 5.74) is 2.03. The van der Waals surface area contributed by atoms with Gasteiger partial charge in [0, 0.05) is 19.3 Å². The fourth-order valence-electron chi connectivity index (χ4n) is 3.07. The highest BCUT2D eigenvalue weighted by molar-refractivity contribution is 6.29. The van der Waals surface area contributed by atoms with E-state index in [1.807, 2.05) is 18.2 Å². The number of halogens is 1. The van der Waals surface area contributed by atoms with Gasteiger partial charge in [0.15, 0.2) is 0 Å². The molecule has 1 aliphatic rings. The van der Waals surface area contributed by atoms with Crippen LogP contribution in [-0.4, -0.2) is 39.1 Å². The monoisotopic (exact) mass is 360 g/mol. The molecule has 132 valence electrons. The SMILES string of the molecule is Cc1nc(Cl)ccc1NC(=O)N1CCC([C@@H](O)c2ccccn2)CC1. The number of urea groups is 1. The van der Waals surface area contributed by atoms with E-state index in [0.717, 1.165) is 12.8 Å². The van der Waals surface area contributed by atoms with E-state index in [0.29, 0.717) is 35.3 Å². The minimum Gasteiger partial charge on any atom is -0.387 e. The van der Waals surface area contributed by atoms with Gasteiger partial charge in [0.25, 0.3) is 0 Å². The Labute approximate surface area is 151 Å². The first-order valence-electron chi connectivity index (χ1n) is 8.32. The lowest BCUT2D eigenvalue weighted by Gasteiger charge is -2.34. The first-order chi connectivity index (χ1) is 12.0. The molecule has 25 heavy (non-hydrogen) atoms. The summed E-state index contributed by atoms with van der Waals surface area (Å²) in [5, 5.41) is 13.7. The van der Waals surface area contributed by atoms with E-state index < -0.39 is 6.10 Å². The molecule has 0 aliphatic carbocycles. The Balaban J connectivity index is 1.55. The normalized spacial score (nSPS) is 16.5. The van der Waals surface area contributed by atoms with Gasteiger partial charge in [0.05, 0.1) is 23.2 Å². The number of hydrogen-bond donors (Lipinski definition) is 2. The highest BCUT2D eigenvalue weighted by Crippen LogP contribution is 2.30. The molecule has 1 fully saturated rings. The number of likely N-dealkylation sites (tertiary alicyclic amines) is 1. The molecule has 1 aliphatic heterocycles. The van der Waals surface area contributed by atoms with E-state index in [9.17, 15) is 9.90 Å². The lowest BCUT2D eigenvalue weighted by Crippen LogP contribution is -2.42. The number of nitrogens with zero attached hydrogens (tertiary/aromatic N) is 3. The molecule has 2 N–H and O–H groups in total. The Morgan fingerprint density at radius 3 is 2.72 bits per heavy atom. The topological polar surface area (TPSA) is 78.4 Å². The van der Waals surface area contributed by atoms with Gasteiger partial charge in [-0.3, -0.25) is 4.98 Å². The number of rotatable bonds is 3. The maximum Gasteiger partial charge on any atom is 0.321 e. The largest absolute Gasteiger partial charge is 0.387 e. The number of aromatic nitrogens is 2. The van der Waals surface area contributed by atoms with Crippen LogP contribution in [0.4, 0.5) is 10.5 Å². The third-order valence-electron chi connectivity index (χ3n) is 4.56. The van der Waals surface area contributed by atoms with Gasteiger partial charge in [-0.1, -0.05) is 17.7 Å². The molecular weight excluding hydrogens is 340 g/mol. The molecule has 0 unspecified atom stereocenters. The number of hydrogen-bond acceptors (Lipinski definition) is 4. The van der Waals surface area contributed by atoms with Gasteiger partial charge in [-0.15, -0.1) is 0 Å². The molecule has 3 rings (SSSR count). The van der Waals surface area contributed by atoms with Crippen LogP contribution in [0.2, 0.25) is 5.15 Å². The summed E-state index contributed by atoms with van der Waals surface area (Å²) in [7, 11) is 0. The fraction of sp³-hybridized carbons (Fsp3) is 0.389. The van der Waals surface area contributed by atoms with Gasteiger partial charge < -0.3 is 15.3 Å². The zero-order valence-corrected chi connectivity index (χ0v) is 14.8. The summed E-state index contributed by atoms with van der Waals surface area (Å²) < 4.78 is 0. The minimum absolute atomic E-state index is 0.109. The van der Waals surface area contributed by atoms with Crippen molar-refractivity contribution < 1.29 is 9.90 Å². The number of aliphatic hydroxyl groups excluding tert-OH is 1. The molecule has 2 aromatic heterocycles. The van der Waals surface area contributed by atoms with Crippen LogP contribution in [0.1, 0.15) is 30.3 Å². The van der Waals surface area contributed by atoms with Gasteiger partial charge in [0.2, 0.25) is 0 Å². The second-order valence-corrected chi connectivity index (χ2v) is 6.61. The van der Waals surface area contributed by atoms with Crippen LogP contribution in [0.15, 0.2) is 36.5 Å². The molecule has 0 aromatic carbocycles. The highest BCUT2D eigenvalue weighted by atomic mass is 35.5. The molecule has 1 saturated heterocycles. The standard InChI is InChI=1S/C18H21ClN4O2/c1-12-14(5-6-16(19)21-12)22-18(25)23-10-7-13(8-11-23)17(24)15-4-2-3-9-20-15/h2-6,9,13,17,24H,7-8,10-11H2,1H3,(H,22,25)/t17-/m1/s1. The number of carbonyl (C=O) groups is 1. The zero-order chi connectivity index (χ0) is 17.8. The zero-order valence-electron chi connectivity index (χ0n) is 14.0. The van der Waals surface area contributed by atoms with Gasteiger partial charge in [0.1, 0.15) is 5.15 Å². The number of aliphatic hydroxyl groups is 1. The van der Waals surface area contributed by atoms with E-state index in [4.69, 9.17) is 11.6 Å². The van der Waals surface area contributed by atoms with Crippen molar-refractivity contribution in [3.8, 4) is 0 Å². The molecule has 0 bridgehead atoms. The van der Waals surface area contributed by atoms with Crippen molar-refractivity contribution >= 4 is 23.3 Å². The van der Waals surface area contributed by atoms with Crippen molar-refractivity contribution in [2.45, 2.75) is 25.9 Å². The van der Waals surface area contributed by atoms with Crippen molar-refractivity contribution in [3.05, 3.63) is 53.1 Å². The molecule has 1 atom stereocenters. The summed E-state index contributed by atoms with van der Waals surface area (Å²) >= 11 is 5.84. The van der Waals surface area contributed by atoms with Crippen LogP contribution in [0, 0.1) is 12.8 Å². The first kappa shape index (κ1) is 17.6. The molecule has 6 nitrogen and oxygen atoms in total. The molecule has 0 radical (unpaired) electrons. The second kappa shape index (κ2) is 7.80. The maximum atomic E-state index is 12.4. The fourth-order valence-corrected chi connectivity index (χ4v) is 3.26. The van der Waals surface area contributed by atoms with Crippen LogP contribution in [0.5, 0.6) is 0 Å². The lowest BCUT2D eigenvalue weighted by molar-refractivity contribution is 0.0652. The number of pyridine rings is 2. The molecular formula is C18H21ClN4O2. The summed E-state index contributed by atoms with van der Waals surface area (Å²) in [5.74, 6) is 0.109. The van der Waals surface area contributed by atoms with Crippen LogP contribution >= 0.6 is 11.6 Å². The number of nitrogens with one attached hydrogen (secondary N) is 1. The number of anilines is 1. The summed E-state index contributed by atoms with van der Waals surface area (Å²) in [6.07, 6.45) is 2.57. The quantitative estimate of drug-likeness (QED) is 0.822. The highest BCUT2D eigenvalue weighted by Gasteiger charge is 2.29. The average molecular weight is 361 g/mol. The van der Waals surface area contributed by atoms with Crippen LogP contribution in [0.25, 0.3) is 0 Å². The number of amides is 2. The number of carbonyl (C=O) groups excluding carboxylic acids is 1. The van der Waals surface area contributed by atoms with E-state index in [1.165, 1.54) is 0 Å². The number of aryl methyl sites for hydroxylation is 1. The number of piperidine rings is 1. The predicted molar refractivity (Wildman–Crippen MR) is 96.5 cm³/mol. The summed E-state index contributed by atoms with van der Waals surface area (Å²) in [4.78, 5) is 22.5. The van der Waals surface area contributed by atoms with E-state index >= 15 is 0 Å². The Morgan fingerprint density at radius 2 is 2.08 bits per heavy atom. The van der Waals surface area contributed by atoms with Gasteiger partial charge in [-0.05, 0) is 49.9 Å². The third-order valence-corrected chi connectivity index (χ3v) is 4.77. The average Bonchev–Trinajstić information content (AvgIpc) is 2.64. The minimum atomic E-state index is -0.589. The Morgan fingerprint density at radius 1 is 1.32 bits per heavy atom. The van der Waals surface area contributed by atoms with E-state index in [2.05, 4.69) is 15.3 Å². The second-order valence-electron chi connectivity index (χ2n) is 6.22. The summed E-state index contributed by atoms with van der Waals surface area (Å²) in [6.45, 7) is 3.00. The lowest BCUT2D eigenvalue weighted by atomic mass is 9.89. The first-order valence-corrected chi connectivity index (χ1v) is 8.70. The Bertz CT molecular complexity index is 733. The Hall–Kier alpha value is -2.18. The van der Waals surface area contributed by atoms with E-state index in [-0.39, 0.29) is 11.9 Å². The maximum absolute atomic E-state index is 12.4. The predicted octanol–water partition coefficient (Wildman–Crippen LogP) is 3.42. The van der Waals surface area contributed by atoms with Crippen molar-refractivity contribution in [2.24, 2.45) is 5.92 Å². The molecule has 0 spiro atoms. The molecule has 2 aromatic rings. The Kier molecular flexibility index (Phi) is 5.50. The van der Waals surface area contributed by atoms with Crippen LogP contribution in [-0.2, 0) is 0 Å². The third kappa shape index (κ3) is 4.27. The van der Waals surface area contributed by atoms with Crippen LogP contribution in [0.3, 0.4) is 0 Å². The van der Waals surface area contributed by atoms with Crippen molar-refractivity contribution in [1.29, 1.82) is 0 Å². The van der Waals surface area contributed by atoms with Crippen LogP contribution < -0.4 is 5.32 Å².